The van der Waals surface area contributed by atoms with E-state index in [1.165, 1.54) is 19.3 Å². The lowest BCUT2D eigenvalue weighted by molar-refractivity contribution is -0.130. The van der Waals surface area contributed by atoms with Gasteiger partial charge in [-0.05, 0) is 79.5 Å². The summed E-state index contributed by atoms with van der Waals surface area (Å²) in [4.78, 5) is 27.4. The molecule has 0 aliphatic heterocycles. The van der Waals surface area contributed by atoms with Gasteiger partial charge in [0.2, 0.25) is 0 Å². The van der Waals surface area contributed by atoms with Crippen molar-refractivity contribution in [2.75, 3.05) is 6.54 Å². The van der Waals surface area contributed by atoms with Crippen molar-refractivity contribution < 1.29 is 9.59 Å². The van der Waals surface area contributed by atoms with Gasteiger partial charge >= 0.3 is 6.03 Å². The smallest absolute Gasteiger partial charge is 0.315 e. The number of hydrogen-bond acceptors (Lipinski definition) is 3. The molecule has 1 atom stereocenters. The zero-order valence-electron chi connectivity index (χ0n) is 19.2. The Labute approximate surface area is 195 Å². The molecule has 3 amide bonds. The highest BCUT2D eigenvalue weighted by Crippen LogP contribution is 2.55. The maximum absolute atomic E-state index is 13.2. The molecule has 4 aliphatic carbocycles. The number of nitrogens with zero attached hydrogens (tertiary/aromatic N) is 2. The molecule has 4 bridgehead atoms. The molecule has 0 saturated heterocycles. The highest BCUT2D eigenvalue weighted by atomic mass is 16.2. The molecular weight excluding hydrogens is 412 g/mol. The van der Waals surface area contributed by atoms with Gasteiger partial charge in [0, 0.05) is 18.5 Å². The van der Waals surface area contributed by atoms with Crippen LogP contribution in [0.2, 0.25) is 0 Å². The molecule has 0 heterocycles. The van der Waals surface area contributed by atoms with Crippen molar-refractivity contribution >= 4 is 22.7 Å². The van der Waals surface area contributed by atoms with Crippen molar-refractivity contribution in [3.8, 4) is 6.19 Å². The first-order chi connectivity index (χ1) is 16.0. The summed E-state index contributed by atoms with van der Waals surface area (Å²) >= 11 is 0. The lowest BCUT2D eigenvalue weighted by Gasteiger charge is -2.56. The Balaban J connectivity index is 1.33. The van der Waals surface area contributed by atoms with Gasteiger partial charge in [-0.15, -0.1) is 0 Å². The van der Waals surface area contributed by atoms with Crippen LogP contribution in [0.25, 0.3) is 10.8 Å². The third-order valence-corrected chi connectivity index (χ3v) is 7.98. The van der Waals surface area contributed by atoms with Crippen LogP contribution in [-0.2, 0) is 11.2 Å². The molecule has 1 unspecified atom stereocenters. The summed E-state index contributed by atoms with van der Waals surface area (Å²) in [5.74, 6) is 1.80. The first kappa shape index (κ1) is 21.8. The number of rotatable bonds is 6. The summed E-state index contributed by atoms with van der Waals surface area (Å²) in [6, 6.07) is 13.1. The first-order valence-corrected chi connectivity index (χ1v) is 12.2. The molecule has 0 aromatic heterocycles. The van der Waals surface area contributed by atoms with Crippen LogP contribution in [0, 0.1) is 29.2 Å². The number of likely N-dealkylation sites (N-methyl/N-ethyl adjacent to an activating group) is 1. The normalized spacial score (nSPS) is 28.2. The lowest BCUT2D eigenvalue weighted by atomic mass is 9.53. The van der Waals surface area contributed by atoms with E-state index in [4.69, 9.17) is 0 Å². The topological polar surface area (TPSA) is 85.2 Å². The molecule has 2 N–H and O–H groups in total. The second kappa shape index (κ2) is 8.70. The molecule has 4 fully saturated rings. The van der Waals surface area contributed by atoms with Crippen LogP contribution in [0.3, 0.4) is 0 Å². The summed E-state index contributed by atoms with van der Waals surface area (Å²) in [5, 5.41) is 17.9. The van der Waals surface area contributed by atoms with Gasteiger partial charge in [-0.1, -0.05) is 42.5 Å². The van der Waals surface area contributed by atoms with Crippen molar-refractivity contribution in [1.29, 1.82) is 5.26 Å². The van der Waals surface area contributed by atoms with Crippen LogP contribution in [-0.4, -0.2) is 35.0 Å². The fourth-order valence-electron chi connectivity index (χ4n) is 6.96. The minimum absolute atomic E-state index is 0.130. The van der Waals surface area contributed by atoms with E-state index < -0.39 is 6.04 Å². The highest BCUT2D eigenvalue weighted by molar-refractivity contribution is 5.89. The zero-order valence-corrected chi connectivity index (χ0v) is 19.2. The Hall–Kier alpha value is -3.07. The second-order valence-electron chi connectivity index (χ2n) is 10.4. The maximum atomic E-state index is 13.2. The van der Waals surface area contributed by atoms with E-state index in [0.717, 1.165) is 58.3 Å². The number of carbonyl (C=O) groups is 2. The van der Waals surface area contributed by atoms with Crippen molar-refractivity contribution in [1.82, 2.24) is 15.5 Å². The highest BCUT2D eigenvalue weighted by Gasteiger charge is 2.51. The Morgan fingerprint density at radius 2 is 1.70 bits per heavy atom. The third kappa shape index (κ3) is 4.42. The monoisotopic (exact) mass is 444 g/mol. The van der Waals surface area contributed by atoms with Crippen LogP contribution in [0.4, 0.5) is 4.79 Å². The van der Waals surface area contributed by atoms with Gasteiger partial charge in [0.15, 0.2) is 6.19 Å². The minimum Gasteiger partial charge on any atom is -0.333 e. The SMILES string of the molecule is CCN(C#N)C(=O)C(Cc1ccc2ccccc2c1)NC(=O)NC12CC3CC(CC(C3)C1)C2. The molecule has 4 saturated carbocycles. The predicted molar refractivity (Wildman–Crippen MR) is 127 cm³/mol. The van der Waals surface area contributed by atoms with E-state index in [-0.39, 0.29) is 24.0 Å². The van der Waals surface area contributed by atoms with Crippen molar-refractivity contribution in [3.05, 3.63) is 48.0 Å². The fraction of sp³-hybridized carbons (Fsp3) is 0.519. The van der Waals surface area contributed by atoms with Gasteiger partial charge in [-0.25, -0.2) is 9.69 Å². The molecule has 2 aromatic rings. The number of fused-ring (bicyclic) bond motifs is 1. The lowest BCUT2D eigenvalue weighted by Crippen LogP contribution is -2.63. The molecule has 2 aromatic carbocycles. The van der Waals surface area contributed by atoms with Crippen LogP contribution >= 0.6 is 0 Å². The Morgan fingerprint density at radius 1 is 1.06 bits per heavy atom. The van der Waals surface area contributed by atoms with Crippen LogP contribution < -0.4 is 10.6 Å². The van der Waals surface area contributed by atoms with Crippen molar-refractivity contribution in [3.63, 3.8) is 0 Å². The Kier molecular flexibility index (Phi) is 5.74. The summed E-state index contributed by atoms with van der Waals surface area (Å²) in [5.41, 5.74) is 0.825. The van der Waals surface area contributed by atoms with Crippen molar-refractivity contribution in [2.45, 2.75) is 63.5 Å². The number of hydrogen-bond donors (Lipinski definition) is 2. The largest absolute Gasteiger partial charge is 0.333 e. The van der Waals surface area contributed by atoms with E-state index in [1.807, 2.05) is 42.6 Å². The minimum atomic E-state index is -0.792. The first-order valence-electron chi connectivity index (χ1n) is 12.2. The van der Waals surface area contributed by atoms with Gasteiger partial charge in [-0.3, -0.25) is 4.79 Å². The van der Waals surface area contributed by atoms with E-state index in [1.54, 1.807) is 6.92 Å². The fourth-order valence-corrected chi connectivity index (χ4v) is 6.96. The molecule has 6 nitrogen and oxygen atoms in total. The summed E-state index contributed by atoms with van der Waals surface area (Å²) in [6.45, 7) is 2.05. The standard InChI is InChI=1S/C27H32N4O2/c1-2-31(17-28)25(32)24(13-18-7-8-22-5-3-4-6-23(22)12-18)29-26(33)30-27-14-19-9-20(15-27)11-21(10-19)16-27/h3-8,12,19-21,24H,2,9-11,13-16H2,1H3,(H2,29,30,33). The number of urea groups is 1. The Bertz CT molecular complexity index is 1070. The molecule has 0 radical (unpaired) electrons. The van der Waals surface area contributed by atoms with E-state index in [0.29, 0.717) is 6.42 Å². The Morgan fingerprint density at radius 3 is 2.30 bits per heavy atom. The number of benzene rings is 2. The third-order valence-electron chi connectivity index (χ3n) is 7.98. The number of amides is 3. The zero-order chi connectivity index (χ0) is 23.0. The molecule has 172 valence electrons. The summed E-state index contributed by atoms with van der Waals surface area (Å²) in [7, 11) is 0. The summed E-state index contributed by atoms with van der Waals surface area (Å²) in [6.07, 6.45) is 9.37. The van der Waals surface area contributed by atoms with Gasteiger partial charge < -0.3 is 10.6 Å². The molecule has 6 heteroatoms. The molecular formula is C27H32N4O2. The molecule has 6 rings (SSSR count). The van der Waals surface area contributed by atoms with Crippen LogP contribution in [0.15, 0.2) is 42.5 Å². The van der Waals surface area contributed by atoms with Gasteiger partial charge in [0.25, 0.3) is 5.91 Å². The van der Waals surface area contributed by atoms with Gasteiger partial charge in [-0.2, -0.15) is 5.26 Å². The maximum Gasteiger partial charge on any atom is 0.315 e. The number of carbonyl (C=O) groups excluding carboxylic acids is 2. The van der Waals surface area contributed by atoms with Gasteiger partial charge in [0.1, 0.15) is 6.04 Å². The van der Waals surface area contributed by atoms with Crippen LogP contribution in [0.1, 0.15) is 51.0 Å². The summed E-state index contributed by atoms with van der Waals surface area (Å²) < 4.78 is 0. The van der Waals surface area contributed by atoms with Gasteiger partial charge in [0.05, 0.1) is 0 Å². The van der Waals surface area contributed by atoms with E-state index >= 15 is 0 Å². The molecule has 33 heavy (non-hydrogen) atoms. The van der Waals surface area contributed by atoms with Crippen LogP contribution in [0.5, 0.6) is 0 Å². The van der Waals surface area contributed by atoms with E-state index in [2.05, 4.69) is 16.7 Å². The number of nitriles is 1. The molecule has 0 spiro atoms. The van der Waals surface area contributed by atoms with Crippen molar-refractivity contribution in [2.24, 2.45) is 17.8 Å². The molecule has 4 aliphatic rings. The van der Waals surface area contributed by atoms with E-state index in [9.17, 15) is 14.9 Å². The quantitative estimate of drug-likeness (QED) is 0.513. The predicted octanol–water partition coefficient (Wildman–Crippen LogP) is 4.35. The average Bonchev–Trinajstić information content (AvgIpc) is 2.78. The number of nitrogens with one attached hydrogen (secondary N) is 2. The second-order valence-corrected chi connectivity index (χ2v) is 10.4. The average molecular weight is 445 g/mol.